The van der Waals surface area contributed by atoms with Gasteiger partial charge in [0.15, 0.2) is 0 Å². The van der Waals surface area contributed by atoms with Crippen molar-refractivity contribution < 1.29 is 14.3 Å². The Hall–Kier alpha value is -1.10. The fourth-order valence-corrected chi connectivity index (χ4v) is 1.51. The number of methoxy groups -OCH3 is 1. The molecule has 0 rings (SSSR count). The summed E-state index contributed by atoms with van der Waals surface area (Å²) in [6, 6.07) is -0.544. The van der Waals surface area contributed by atoms with Crippen molar-refractivity contribution in [3.8, 4) is 0 Å². The van der Waals surface area contributed by atoms with Crippen LogP contribution in [0.1, 0.15) is 39.5 Å². The van der Waals surface area contributed by atoms with Gasteiger partial charge in [-0.25, -0.2) is 4.79 Å². The number of ether oxygens (including phenoxy) is 1. The van der Waals surface area contributed by atoms with Crippen molar-refractivity contribution in [3.63, 3.8) is 0 Å². The Morgan fingerprint density at radius 2 is 1.94 bits per heavy atom. The van der Waals surface area contributed by atoms with E-state index < -0.39 is 6.04 Å². The Kier molecular flexibility index (Phi) is 8.40. The first-order valence-electron chi connectivity index (χ1n) is 6.08. The normalized spacial score (nSPS) is 12.3. The molecule has 1 unspecified atom stereocenters. The van der Waals surface area contributed by atoms with E-state index in [2.05, 4.69) is 10.1 Å². The van der Waals surface area contributed by atoms with E-state index in [-0.39, 0.29) is 17.8 Å². The topological polar surface area (TPSA) is 81.4 Å². The van der Waals surface area contributed by atoms with E-state index in [9.17, 15) is 9.59 Å². The van der Waals surface area contributed by atoms with Crippen LogP contribution in [0.4, 0.5) is 0 Å². The van der Waals surface area contributed by atoms with E-state index in [1.807, 2.05) is 13.8 Å². The highest BCUT2D eigenvalue weighted by Crippen LogP contribution is 2.05. The van der Waals surface area contributed by atoms with Crippen molar-refractivity contribution in [2.45, 2.75) is 45.6 Å². The molecule has 0 radical (unpaired) electrons. The van der Waals surface area contributed by atoms with Gasteiger partial charge in [-0.2, -0.15) is 0 Å². The SMILES string of the molecule is COC(=O)C(CCCCN)NC(=O)CC(C)C. The monoisotopic (exact) mass is 244 g/mol. The molecule has 0 bridgehead atoms. The molecule has 0 saturated carbocycles. The number of nitrogens with one attached hydrogen (secondary N) is 1. The number of rotatable bonds is 8. The molecule has 0 aliphatic rings. The maximum Gasteiger partial charge on any atom is 0.328 e. The van der Waals surface area contributed by atoms with Crippen molar-refractivity contribution >= 4 is 11.9 Å². The fraction of sp³-hybridized carbons (Fsp3) is 0.833. The second-order valence-electron chi connectivity index (χ2n) is 4.53. The van der Waals surface area contributed by atoms with Crippen molar-refractivity contribution in [2.24, 2.45) is 11.7 Å². The highest BCUT2D eigenvalue weighted by atomic mass is 16.5. The third kappa shape index (κ3) is 7.74. The van der Waals surface area contributed by atoms with Gasteiger partial charge < -0.3 is 15.8 Å². The molecule has 5 nitrogen and oxygen atoms in total. The van der Waals surface area contributed by atoms with Crippen molar-refractivity contribution in [1.29, 1.82) is 0 Å². The van der Waals surface area contributed by atoms with E-state index in [0.717, 1.165) is 12.8 Å². The van der Waals surface area contributed by atoms with Gasteiger partial charge in [0.05, 0.1) is 7.11 Å². The van der Waals surface area contributed by atoms with Crippen molar-refractivity contribution in [1.82, 2.24) is 5.32 Å². The lowest BCUT2D eigenvalue weighted by Crippen LogP contribution is -2.41. The molecule has 3 N–H and O–H groups in total. The Bertz CT molecular complexity index is 242. The summed E-state index contributed by atoms with van der Waals surface area (Å²) >= 11 is 0. The van der Waals surface area contributed by atoms with Crippen LogP contribution in [-0.2, 0) is 14.3 Å². The summed E-state index contributed by atoms with van der Waals surface area (Å²) in [7, 11) is 1.33. The molecule has 0 aromatic rings. The number of amides is 1. The zero-order valence-corrected chi connectivity index (χ0v) is 11.0. The van der Waals surface area contributed by atoms with Crippen LogP contribution in [0.25, 0.3) is 0 Å². The average molecular weight is 244 g/mol. The Morgan fingerprint density at radius 3 is 2.41 bits per heavy atom. The summed E-state index contributed by atoms with van der Waals surface area (Å²) in [6.45, 7) is 4.51. The average Bonchev–Trinajstić information content (AvgIpc) is 2.26. The predicted octanol–water partition coefficient (Wildman–Crippen LogP) is 0.819. The summed E-state index contributed by atoms with van der Waals surface area (Å²) in [6.07, 6.45) is 2.64. The van der Waals surface area contributed by atoms with E-state index in [0.29, 0.717) is 19.4 Å². The minimum atomic E-state index is -0.544. The maximum absolute atomic E-state index is 11.6. The molecular formula is C12H24N2O3. The third-order valence-electron chi connectivity index (χ3n) is 2.36. The Morgan fingerprint density at radius 1 is 1.29 bits per heavy atom. The van der Waals surface area contributed by atoms with Crippen molar-refractivity contribution in [2.75, 3.05) is 13.7 Å². The van der Waals surface area contributed by atoms with Crippen LogP contribution in [0.5, 0.6) is 0 Å². The van der Waals surface area contributed by atoms with Crippen LogP contribution in [-0.4, -0.2) is 31.6 Å². The molecule has 1 atom stereocenters. The van der Waals surface area contributed by atoms with E-state index in [1.54, 1.807) is 0 Å². The number of hydrogen-bond acceptors (Lipinski definition) is 4. The number of carbonyl (C=O) groups is 2. The Balaban J connectivity index is 4.18. The van der Waals surface area contributed by atoms with E-state index in [1.165, 1.54) is 7.11 Å². The van der Waals surface area contributed by atoms with Crippen LogP contribution in [0, 0.1) is 5.92 Å². The minimum Gasteiger partial charge on any atom is -0.467 e. The van der Waals surface area contributed by atoms with Gasteiger partial charge in [-0.15, -0.1) is 0 Å². The van der Waals surface area contributed by atoms with Gasteiger partial charge in [-0.05, 0) is 31.7 Å². The van der Waals surface area contributed by atoms with Gasteiger partial charge in [0.2, 0.25) is 5.91 Å². The van der Waals surface area contributed by atoms with Gasteiger partial charge in [0.25, 0.3) is 0 Å². The number of unbranched alkanes of at least 4 members (excludes halogenated alkanes) is 1. The largest absolute Gasteiger partial charge is 0.467 e. The number of nitrogens with two attached hydrogens (primary N) is 1. The third-order valence-corrected chi connectivity index (χ3v) is 2.36. The molecule has 100 valence electrons. The highest BCUT2D eigenvalue weighted by Gasteiger charge is 2.20. The molecule has 0 spiro atoms. The second kappa shape index (κ2) is 8.98. The first-order chi connectivity index (χ1) is 8.01. The summed E-state index contributed by atoms with van der Waals surface area (Å²) in [5, 5.41) is 2.70. The molecule has 0 aromatic heterocycles. The molecule has 0 heterocycles. The van der Waals surface area contributed by atoms with Crippen LogP contribution in [0.2, 0.25) is 0 Å². The number of carbonyl (C=O) groups excluding carboxylic acids is 2. The molecule has 1 amide bonds. The lowest BCUT2D eigenvalue weighted by molar-refractivity contribution is -0.145. The number of hydrogen-bond donors (Lipinski definition) is 2. The van der Waals surface area contributed by atoms with Gasteiger partial charge in [0, 0.05) is 6.42 Å². The first kappa shape index (κ1) is 15.9. The molecule has 0 saturated heterocycles. The summed E-state index contributed by atoms with van der Waals surface area (Å²) < 4.78 is 4.66. The quantitative estimate of drug-likeness (QED) is 0.489. The minimum absolute atomic E-state index is 0.108. The van der Waals surface area contributed by atoms with Crippen LogP contribution < -0.4 is 11.1 Å². The lowest BCUT2D eigenvalue weighted by Gasteiger charge is -2.17. The first-order valence-corrected chi connectivity index (χ1v) is 6.08. The second-order valence-corrected chi connectivity index (χ2v) is 4.53. The van der Waals surface area contributed by atoms with Crippen LogP contribution >= 0.6 is 0 Å². The van der Waals surface area contributed by atoms with E-state index >= 15 is 0 Å². The van der Waals surface area contributed by atoms with Crippen molar-refractivity contribution in [3.05, 3.63) is 0 Å². The summed E-state index contributed by atoms with van der Waals surface area (Å²) in [5.74, 6) is -0.223. The van der Waals surface area contributed by atoms with E-state index in [4.69, 9.17) is 5.73 Å². The molecule has 5 heteroatoms. The fourth-order valence-electron chi connectivity index (χ4n) is 1.51. The van der Waals surface area contributed by atoms with Gasteiger partial charge in [-0.1, -0.05) is 13.8 Å². The van der Waals surface area contributed by atoms with Crippen LogP contribution in [0.15, 0.2) is 0 Å². The highest BCUT2D eigenvalue weighted by molar-refractivity contribution is 5.84. The summed E-state index contributed by atoms with van der Waals surface area (Å²) in [4.78, 5) is 23.0. The standard InChI is InChI=1S/C12H24N2O3/c1-9(2)8-11(15)14-10(12(16)17-3)6-4-5-7-13/h9-10H,4-8,13H2,1-3H3,(H,14,15). The zero-order valence-electron chi connectivity index (χ0n) is 11.0. The smallest absolute Gasteiger partial charge is 0.328 e. The lowest BCUT2D eigenvalue weighted by atomic mass is 10.1. The molecule has 0 aromatic carbocycles. The molecule has 0 fully saturated rings. The Labute approximate surface area is 103 Å². The van der Waals surface area contributed by atoms with Gasteiger partial charge in [-0.3, -0.25) is 4.79 Å². The zero-order chi connectivity index (χ0) is 13.3. The molecule has 17 heavy (non-hydrogen) atoms. The van der Waals surface area contributed by atoms with Gasteiger partial charge in [0.1, 0.15) is 6.04 Å². The van der Waals surface area contributed by atoms with Crippen LogP contribution in [0.3, 0.4) is 0 Å². The number of esters is 1. The maximum atomic E-state index is 11.6. The summed E-state index contributed by atoms with van der Waals surface area (Å²) in [5.41, 5.74) is 5.39. The van der Waals surface area contributed by atoms with Gasteiger partial charge >= 0.3 is 5.97 Å². The molecular weight excluding hydrogens is 220 g/mol. The predicted molar refractivity (Wildman–Crippen MR) is 66.3 cm³/mol. The molecule has 0 aliphatic heterocycles. The molecule has 0 aliphatic carbocycles.